The normalized spacial score (nSPS) is 31.7. The third-order valence-corrected chi connectivity index (χ3v) is 2.86. The van der Waals surface area contributed by atoms with E-state index in [1.54, 1.807) is 0 Å². The average molecular weight is 258 g/mol. The summed E-state index contributed by atoms with van der Waals surface area (Å²) in [5.41, 5.74) is 10.6. The lowest BCUT2D eigenvalue weighted by Crippen LogP contribution is -2.33. The lowest BCUT2D eigenvalue weighted by molar-refractivity contribution is -0.0518. The molecule has 0 spiro atoms. The molecular weight excluding hydrogens is 244 g/mol. The Bertz CT molecular complexity index is 462. The number of hydrogen-bond acceptors (Lipinski definition) is 7. The second-order valence-electron chi connectivity index (χ2n) is 3.98. The maximum Gasteiger partial charge on any atom is 0.271 e. The third kappa shape index (κ3) is 1.82. The van der Waals surface area contributed by atoms with Crippen molar-refractivity contribution in [3.63, 3.8) is 0 Å². The van der Waals surface area contributed by atoms with Gasteiger partial charge in [0.05, 0.1) is 12.9 Å². The molecule has 7 N–H and O–H groups in total. The first kappa shape index (κ1) is 12.8. The van der Waals surface area contributed by atoms with E-state index in [1.807, 2.05) is 0 Å². The van der Waals surface area contributed by atoms with Crippen LogP contribution in [0.2, 0.25) is 0 Å². The molecule has 9 nitrogen and oxygen atoms in total. The Hall–Kier alpha value is -1.68. The van der Waals surface area contributed by atoms with E-state index in [9.17, 15) is 15.0 Å². The standard InChI is InChI=1S/C9H14N4O5/c10-7-4(8(11)17)12-2-13(7)9-6(16)5(15)3(1-14)18-9/h2-3,5-6,9,14-16H,1,10H2,(H2,11,17)/t3-,5+,6+,9-/m0/s1. The summed E-state index contributed by atoms with van der Waals surface area (Å²) >= 11 is 0. The van der Waals surface area contributed by atoms with Crippen molar-refractivity contribution in [2.75, 3.05) is 12.3 Å². The summed E-state index contributed by atoms with van der Waals surface area (Å²) in [6.45, 7) is -0.452. The number of carbonyl (C=O) groups excluding carboxylic acids is 1. The number of aliphatic hydroxyl groups is 3. The molecule has 1 fully saturated rings. The Balaban J connectivity index is 2.30. The summed E-state index contributed by atoms with van der Waals surface area (Å²) in [4.78, 5) is 14.7. The summed E-state index contributed by atoms with van der Waals surface area (Å²) < 4.78 is 6.42. The Labute approximate surface area is 102 Å². The van der Waals surface area contributed by atoms with Gasteiger partial charge >= 0.3 is 0 Å². The van der Waals surface area contributed by atoms with E-state index >= 15 is 0 Å². The van der Waals surface area contributed by atoms with Crippen LogP contribution < -0.4 is 11.5 Å². The van der Waals surface area contributed by atoms with Crippen LogP contribution in [0.3, 0.4) is 0 Å². The van der Waals surface area contributed by atoms with Crippen molar-refractivity contribution in [3.8, 4) is 0 Å². The zero-order valence-electron chi connectivity index (χ0n) is 9.30. The summed E-state index contributed by atoms with van der Waals surface area (Å²) in [5.74, 6) is -0.879. The van der Waals surface area contributed by atoms with Gasteiger partial charge in [-0.15, -0.1) is 0 Å². The minimum absolute atomic E-state index is 0.0719. The van der Waals surface area contributed by atoms with E-state index in [2.05, 4.69) is 4.98 Å². The predicted octanol–water partition coefficient (Wildman–Crippen LogP) is -2.82. The Kier molecular flexibility index (Phi) is 3.22. The highest BCUT2D eigenvalue weighted by Gasteiger charge is 2.44. The van der Waals surface area contributed by atoms with E-state index in [4.69, 9.17) is 21.3 Å². The van der Waals surface area contributed by atoms with Crippen molar-refractivity contribution in [2.24, 2.45) is 5.73 Å². The van der Waals surface area contributed by atoms with E-state index in [0.717, 1.165) is 0 Å². The topological polar surface area (TPSA) is 157 Å². The van der Waals surface area contributed by atoms with E-state index < -0.39 is 37.1 Å². The number of aliphatic hydroxyl groups excluding tert-OH is 3. The van der Waals surface area contributed by atoms with Gasteiger partial charge in [-0.25, -0.2) is 4.98 Å². The molecule has 1 aromatic heterocycles. The van der Waals surface area contributed by atoms with Gasteiger partial charge in [0, 0.05) is 0 Å². The van der Waals surface area contributed by atoms with Crippen molar-refractivity contribution >= 4 is 11.7 Å². The lowest BCUT2D eigenvalue weighted by Gasteiger charge is -2.17. The monoisotopic (exact) mass is 258 g/mol. The van der Waals surface area contributed by atoms with Gasteiger partial charge in [-0.1, -0.05) is 0 Å². The fraction of sp³-hybridized carbons (Fsp3) is 0.556. The summed E-state index contributed by atoms with van der Waals surface area (Å²) in [5, 5.41) is 28.3. The molecule has 1 aliphatic heterocycles. The number of rotatable bonds is 3. The maximum absolute atomic E-state index is 11.0. The molecular formula is C9H14N4O5. The minimum atomic E-state index is -1.29. The predicted molar refractivity (Wildman–Crippen MR) is 58.2 cm³/mol. The zero-order chi connectivity index (χ0) is 13.4. The number of nitrogens with zero attached hydrogens (tertiary/aromatic N) is 2. The van der Waals surface area contributed by atoms with Crippen LogP contribution in [0, 0.1) is 0 Å². The first-order chi connectivity index (χ1) is 8.47. The molecule has 0 radical (unpaired) electrons. The molecule has 0 aliphatic carbocycles. The average Bonchev–Trinajstić information content (AvgIpc) is 2.82. The van der Waals surface area contributed by atoms with Crippen LogP contribution in [-0.2, 0) is 4.74 Å². The molecule has 18 heavy (non-hydrogen) atoms. The molecule has 100 valence electrons. The highest BCUT2D eigenvalue weighted by molar-refractivity contribution is 5.95. The van der Waals surface area contributed by atoms with E-state index in [0.29, 0.717) is 0 Å². The van der Waals surface area contributed by atoms with Gasteiger partial charge in [0.15, 0.2) is 11.9 Å². The highest BCUT2D eigenvalue weighted by atomic mass is 16.6. The molecule has 1 saturated heterocycles. The highest BCUT2D eigenvalue weighted by Crippen LogP contribution is 2.31. The molecule has 2 heterocycles. The Morgan fingerprint density at radius 1 is 1.50 bits per heavy atom. The number of aromatic nitrogens is 2. The second kappa shape index (κ2) is 4.53. The van der Waals surface area contributed by atoms with Gasteiger partial charge in [-0.2, -0.15) is 0 Å². The number of amides is 1. The molecule has 4 atom stereocenters. The molecule has 9 heteroatoms. The van der Waals surface area contributed by atoms with Gasteiger partial charge < -0.3 is 31.5 Å². The Morgan fingerprint density at radius 3 is 2.61 bits per heavy atom. The first-order valence-corrected chi connectivity index (χ1v) is 5.22. The number of anilines is 1. The second-order valence-corrected chi connectivity index (χ2v) is 3.98. The molecule has 2 rings (SSSR count). The molecule has 0 saturated carbocycles. The summed E-state index contributed by atoms with van der Waals surface area (Å²) in [6, 6.07) is 0. The number of nitrogen functional groups attached to an aromatic ring is 1. The van der Waals surface area contributed by atoms with Crippen molar-refractivity contribution < 1.29 is 24.9 Å². The number of imidazole rings is 1. The molecule has 1 aliphatic rings. The molecule has 1 amide bonds. The zero-order valence-corrected chi connectivity index (χ0v) is 9.30. The van der Waals surface area contributed by atoms with Crippen molar-refractivity contribution in [2.45, 2.75) is 24.5 Å². The molecule has 1 aromatic rings. The van der Waals surface area contributed by atoms with Crippen molar-refractivity contribution in [3.05, 3.63) is 12.0 Å². The SMILES string of the molecule is NC(=O)c1ncn([C@H]2O[C@@H](CO)[C@@H](O)[C@H]2O)c1N. The number of ether oxygens (including phenoxy) is 1. The molecule has 0 aromatic carbocycles. The Morgan fingerprint density at radius 2 is 2.17 bits per heavy atom. The van der Waals surface area contributed by atoms with Crippen LogP contribution in [0.5, 0.6) is 0 Å². The van der Waals surface area contributed by atoms with Crippen LogP contribution >= 0.6 is 0 Å². The fourth-order valence-corrected chi connectivity index (χ4v) is 1.87. The van der Waals surface area contributed by atoms with Gasteiger partial charge in [0.25, 0.3) is 5.91 Å². The van der Waals surface area contributed by atoms with Crippen LogP contribution in [0.25, 0.3) is 0 Å². The van der Waals surface area contributed by atoms with Crippen LogP contribution in [-0.4, -0.2) is 55.7 Å². The largest absolute Gasteiger partial charge is 0.394 e. The molecule has 0 bridgehead atoms. The van der Waals surface area contributed by atoms with E-state index in [1.165, 1.54) is 10.9 Å². The van der Waals surface area contributed by atoms with Crippen LogP contribution in [0.15, 0.2) is 6.33 Å². The summed E-state index contributed by atoms with van der Waals surface area (Å²) in [6.07, 6.45) is -3.32. The van der Waals surface area contributed by atoms with Gasteiger partial charge in [0.1, 0.15) is 24.1 Å². The van der Waals surface area contributed by atoms with Crippen molar-refractivity contribution in [1.29, 1.82) is 0 Å². The maximum atomic E-state index is 11.0. The van der Waals surface area contributed by atoms with Crippen molar-refractivity contribution in [1.82, 2.24) is 9.55 Å². The van der Waals surface area contributed by atoms with Gasteiger partial charge in [-0.3, -0.25) is 9.36 Å². The quantitative estimate of drug-likeness (QED) is 0.391. The smallest absolute Gasteiger partial charge is 0.271 e. The van der Waals surface area contributed by atoms with E-state index in [-0.39, 0.29) is 11.5 Å². The van der Waals surface area contributed by atoms with Crippen LogP contribution in [0.1, 0.15) is 16.7 Å². The number of carbonyl (C=O) groups is 1. The first-order valence-electron chi connectivity index (χ1n) is 5.22. The fourth-order valence-electron chi connectivity index (χ4n) is 1.87. The van der Waals surface area contributed by atoms with Crippen LogP contribution in [0.4, 0.5) is 5.82 Å². The minimum Gasteiger partial charge on any atom is -0.394 e. The third-order valence-electron chi connectivity index (χ3n) is 2.86. The van der Waals surface area contributed by atoms with Gasteiger partial charge in [-0.05, 0) is 0 Å². The number of nitrogens with two attached hydrogens (primary N) is 2. The number of hydrogen-bond donors (Lipinski definition) is 5. The summed E-state index contributed by atoms with van der Waals surface area (Å²) in [7, 11) is 0. The number of primary amides is 1. The lowest BCUT2D eigenvalue weighted by atomic mass is 10.1. The van der Waals surface area contributed by atoms with Gasteiger partial charge in [0.2, 0.25) is 0 Å². The molecule has 0 unspecified atom stereocenters.